The number of hydrogen-bond acceptors (Lipinski definition) is 8. The maximum absolute atomic E-state index is 11.4. The number of rotatable bonds is 0. The number of benzene rings is 3. The van der Waals surface area contributed by atoms with E-state index in [-0.39, 0.29) is 47.8 Å². The molecule has 3 aromatic rings. The van der Waals surface area contributed by atoms with Crippen LogP contribution in [0.4, 0.5) is 0 Å². The van der Waals surface area contributed by atoms with Gasteiger partial charge in [-0.25, -0.2) is 0 Å². The third-order valence-electron chi connectivity index (χ3n) is 10.7. The standard InChI is InChI=1S/C42H45Br3N6O2/c43-32-14-26-13-27(15-32)21-47-36-8-2-4-10-38(36)49-23-29-17-34(45)19-31(42(29)53)25-51-40-12-6-5-11-39(40)50-24-30-18-33(44)16-28(41(30)52)22-48-37-9-3-1-7-35(37)46-20-26/h13-25,35-40,52-53H,1-12H2/b46-20+,47-21+,48-22+,49-23+,50-24+,51-25+. The molecule has 1 aliphatic heterocycles. The van der Waals surface area contributed by atoms with Gasteiger partial charge in [0.05, 0.1) is 36.3 Å². The Morgan fingerprint density at radius 2 is 0.604 bits per heavy atom. The molecule has 0 aromatic heterocycles. The molecule has 2 N–H and O–H groups in total. The van der Waals surface area contributed by atoms with E-state index in [4.69, 9.17) is 30.0 Å². The van der Waals surface area contributed by atoms with Gasteiger partial charge in [-0.15, -0.1) is 0 Å². The van der Waals surface area contributed by atoms with Crippen LogP contribution in [0.15, 0.2) is 85.8 Å². The van der Waals surface area contributed by atoms with Crippen LogP contribution in [0.1, 0.15) is 110 Å². The van der Waals surface area contributed by atoms with E-state index in [1.807, 2.05) is 36.7 Å². The Labute approximate surface area is 337 Å². The average Bonchev–Trinajstić information content (AvgIpc) is 3.16. The summed E-state index contributed by atoms with van der Waals surface area (Å²) < 4.78 is 2.66. The Balaban J connectivity index is 1.27. The highest BCUT2D eigenvalue weighted by molar-refractivity contribution is 9.11. The third-order valence-corrected chi connectivity index (χ3v) is 12.1. The fourth-order valence-corrected chi connectivity index (χ4v) is 9.36. The van der Waals surface area contributed by atoms with E-state index in [0.717, 1.165) is 102 Å². The number of phenols is 2. The first-order chi connectivity index (χ1) is 25.8. The SMILES string of the molecule is Oc1c2cc(Br)cc1/C=N/C1CCCCC1/N=C/c1cc(Br)cc(c1O)/C=N/C1CCCCC1/N=C/c1cc(Br)cc(c1)/C=N/C1CCCCC1/N=C/2. The number of hydrogen-bond donors (Lipinski definition) is 2. The minimum absolute atomic E-state index is 0.0243. The van der Waals surface area contributed by atoms with Crippen molar-refractivity contribution in [2.24, 2.45) is 30.0 Å². The first-order valence-corrected chi connectivity index (χ1v) is 21.2. The van der Waals surface area contributed by atoms with Crippen LogP contribution in [0.2, 0.25) is 0 Å². The van der Waals surface area contributed by atoms with Crippen molar-refractivity contribution in [3.8, 4) is 11.5 Å². The van der Waals surface area contributed by atoms with E-state index >= 15 is 0 Å². The second-order valence-electron chi connectivity index (χ2n) is 14.6. The monoisotopic (exact) mass is 902 g/mol. The smallest absolute Gasteiger partial charge is 0.133 e. The fraction of sp³-hybridized carbons (Fsp3) is 0.429. The van der Waals surface area contributed by atoms with Crippen molar-refractivity contribution in [2.45, 2.75) is 113 Å². The highest BCUT2D eigenvalue weighted by Gasteiger charge is 2.26. The van der Waals surface area contributed by atoms with Crippen molar-refractivity contribution in [3.63, 3.8) is 0 Å². The molecule has 276 valence electrons. The molecule has 6 unspecified atom stereocenters. The van der Waals surface area contributed by atoms with Gasteiger partial charge >= 0.3 is 0 Å². The quantitative estimate of drug-likeness (QED) is 0.234. The molecule has 7 rings (SSSR count). The second kappa shape index (κ2) is 17.9. The number of aromatic hydroxyl groups is 2. The van der Waals surface area contributed by atoms with Gasteiger partial charge in [0.2, 0.25) is 0 Å². The van der Waals surface area contributed by atoms with Crippen molar-refractivity contribution in [2.75, 3.05) is 0 Å². The Morgan fingerprint density at radius 3 is 0.887 bits per heavy atom. The minimum Gasteiger partial charge on any atom is -0.507 e. The maximum Gasteiger partial charge on any atom is 0.133 e. The van der Waals surface area contributed by atoms with E-state index in [1.165, 1.54) is 0 Å². The molecule has 1 heterocycles. The zero-order chi connectivity index (χ0) is 36.7. The lowest BCUT2D eigenvalue weighted by Gasteiger charge is -2.26. The van der Waals surface area contributed by atoms with Crippen molar-refractivity contribution in [1.29, 1.82) is 0 Å². The average molecular weight is 906 g/mol. The van der Waals surface area contributed by atoms with Crippen molar-refractivity contribution < 1.29 is 10.2 Å². The van der Waals surface area contributed by atoms with Gasteiger partial charge in [0.1, 0.15) is 11.5 Å². The molecule has 53 heavy (non-hydrogen) atoms. The highest BCUT2D eigenvalue weighted by atomic mass is 79.9. The Kier molecular flexibility index (Phi) is 12.8. The minimum atomic E-state index is -0.0427. The molecule has 4 aliphatic rings. The van der Waals surface area contributed by atoms with Crippen LogP contribution < -0.4 is 0 Å². The summed E-state index contributed by atoms with van der Waals surface area (Å²) in [5.41, 5.74) is 4.56. The molecule has 3 fully saturated rings. The summed E-state index contributed by atoms with van der Waals surface area (Å²) >= 11 is 11.0. The van der Waals surface area contributed by atoms with E-state index in [0.29, 0.717) is 22.3 Å². The van der Waals surface area contributed by atoms with Gasteiger partial charge in [-0.2, -0.15) is 0 Å². The van der Waals surface area contributed by atoms with Gasteiger partial charge in [-0.05, 0) is 92.1 Å². The molecule has 3 aliphatic carbocycles. The van der Waals surface area contributed by atoms with Gasteiger partial charge < -0.3 is 10.2 Å². The molecule has 0 radical (unpaired) electrons. The molecule has 6 atom stereocenters. The first kappa shape index (κ1) is 38.0. The van der Waals surface area contributed by atoms with Gasteiger partial charge in [-0.1, -0.05) is 86.3 Å². The molecule has 11 heteroatoms. The van der Waals surface area contributed by atoms with Gasteiger partial charge in [-0.3, -0.25) is 30.0 Å². The molecule has 3 saturated carbocycles. The van der Waals surface area contributed by atoms with E-state index in [1.54, 1.807) is 24.9 Å². The van der Waals surface area contributed by atoms with Crippen molar-refractivity contribution >= 4 is 85.1 Å². The Bertz CT molecular complexity index is 1840. The molecular weight excluding hydrogens is 860 g/mol. The Morgan fingerprint density at radius 1 is 0.358 bits per heavy atom. The summed E-state index contributed by atoms with van der Waals surface area (Å²) in [5.74, 6) is 0.308. The van der Waals surface area contributed by atoms with Crippen molar-refractivity contribution in [3.05, 3.63) is 89.3 Å². The number of nitrogens with zero attached hydrogens (tertiary/aromatic N) is 6. The zero-order valence-electron chi connectivity index (χ0n) is 29.7. The highest BCUT2D eigenvalue weighted by Crippen LogP contribution is 2.31. The maximum atomic E-state index is 11.4. The molecular formula is C42H45Br3N6O2. The summed E-state index contributed by atoms with van der Waals surface area (Å²) in [7, 11) is 0. The zero-order valence-corrected chi connectivity index (χ0v) is 34.4. The van der Waals surface area contributed by atoms with Crippen LogP contribution in [-0.2, 0) is 0 Å². The summed E-state index contributed by atoms with van der Waals surface area (Å²) in [6, 6.07) is 13.9. The lowest BCUT2D eigenvalue weighted by atomic mass is 9.91. The largest absolute Gasteiger partial charge is 0.507 e. The second-order valence-corrected chi connectivity index (χ2v) is 17.4. The van der Waals surface area contributed by atoms with E-state index in [9.17, 15) is 10.2 Å². The van der Waals surface area contributed by atoms with Crippen LogP contribution in [-0.4, -0.2) is 83.8 Å². The number of phenolic OH excluding ortho intramolecular Hbond substituents is 2. The first-order valence-electron chi connectivity index (χ1n) is 18.8. The normalized spacial score (nSPS) is 29.9. The summed E-state index contributed by atoms with van der Waals surface area (Å²) in [6.45, 7) is 0. The van der Waals surface area contributed by atoms with Crippen molar-refractivity contribution in [1.82, 2.24) is 0 Å². The van der Waals surface area contributed by atoms with Crippen LogP contribution in [0, 0.1) is 0 Å². The molecule has 0 amide bonds. The lowest BCUT2D eigenvalue weighted by molar-refractivity contribution is 0.389. The van der Waals surface area contributed by atoms with Gasteiger partial charge in [0, 0.05) is 73.0 Å². The molecule has 6 bridgehead atoms. The summed E-state index contributed by atoms with van der Waals surface area (Å²) in [5, 5.41) is 22.8. The van der Waals surface area contributed by atoms with Gasteiger partial charge in [0.15, 0.2) is 0 Å². The number of fused-ring (bicyclic) bond motifs is 9. The van der Waals surface area contributed by atoms with Gasteiger partial charge in [0.25, 0.3) is 0 Å². The third kappa shape index (κ3) is 9.89. The van der Waals surface area contributed by atoms with Crippen LogP contribution in [0.5, 0.6) is 11.5 Å². The topological polar surface area (TPSA) is 115 Å². The van der Waals surface area contributed by atoms with E-state index in [2.05, 4.69) is 66.0 Å². The molecule has 3 aromatic carbocycles. The fourth-order valence-electron chi connectivity index (χ4n) is 7.85. The van der Waals surface area contributed by atoms with Crippen LogP contribution in [0.3, 0.4) is 0 Å². The molecule has 8 nitrogen and oxygen atoms in total. The number of aliphatic imine (C=N–C) groups is 6. The molecule has 0 spiro atoms. The lowest BCUT2D eigenvalue weighted by Crippen LogP contribution is -2.27. The van der Waals surface area contributed by atoms with Crippen LogP contribution in [0.25, 0.3) is 0 Å². The van der Waals surface area contributed by atoms with E-state index < -0.39 is 0 Å². The predicted molar refractivity (Wildman–Crippen MR) is 229 cm³/mol. The van der Waals surface area contributed by atoms with Crippen LogP contribution >= 0.6 is 47.8 Å². The number of halogens is 3. The molecule has 0 saturated heterocycles. The summed E-state index contributed by atoms with van der Waals surface area (Å²) in [4.78, 5) is 30.1. The predicted octanol–water partition coefficient (Wildman–Crippen LogP) is 10.2. The Hall–Kier alpha value is -3.28. The summed E-state index contributed by atoms with van der Waals surface area (Å²) in [6.07, 6.45) is 23.3.